The zero-order chi connectivity index (χ0) is 13.1. The molecule has 0 aromatic heterocycles. The zero-order valence-electron chi connectivity index (χ0n) is 10.4. The number of halogens is 1. The summed E-state index contributed by atoms with van der Waals surface area (Å²) < 4.78 is 18.8. The number of nitrogens with zero attached hydrogens (tertiary/aromatic N) is 1. The van der Waals surface area contributed by atoms with Crippen LogP contribution in [-0.4, -0.2) is 25.7 Å². The van der Waals surface area contributed by atoms with E-state index in [0.717, 1.165) is 25.9 Å². The van der Waals surface area contributed by atoms with E-state index >= 15 is 0 Å². The summed E-state index contributed by atoms with van der Waals surface area (Å²) in [4.78, 5) is 13.6. The standard InChI is InChI=1S/C13H17FN2O2/c1-2-18-13(17)9-7-12(10(14)8-11(9)15)16-5-3-4-6-16/h7-8H,2-6,15H2,1H3. The summed E-state index contributed by atoms with van der Waals surface area (Å²) in [6.07, 6.45) is 2.08. The molecule has 5 heteroatoms. The highest BCUT2D eigenvalue weighted by molar-refractivity contribution is 5.96. The number of rotatable bonds is 3. The molecule has 2 N–H and O–H groups in total. The minimum atomic E-state index is -0.504. The Morgan fingerprint density at radius 2 is 2.11 bits per heavy atom. The van der Waals surface area contributed by atoms with Crippen LogP contribution in [0.5, 0.6) is 0 Å². The third-order valence-electron chi connectivity index (χ3n) is 3.06. The fraction of sp³-hybridized carbons (Fsp3) is 0.462. The van der Waals surface area contributed by atoms with Gasteiger partial charge in [0.25, 0.3) is 0 Å². The van der Waals surface area contributed by atoms with Gasteiger partial charge in [0.05, 0.1) is 17.9 Å². The van der Waals surface area contributed by atoms with Gasteiger partial charge in [0.2, 0.25) is 0 Å². The number of carbonyl (C=O) groups excluding carboxylic acids is 1. The molecule has 1 aliphatic rings. The van der Waals surface area contributed by atoms with E-state index in [0.29, 0.717) is 5.69 Å². The molecule has 1 fully saturated rings. The van der Waals surface area contributed by atoms with E-state index in [-0.39, 0.29) is 23.7 Å². The van der Waals surface area contributed by atoms with E-state index in [1.54, 1.807) is 6.92 Å². The molecule has 1 aliphatic heterocycles. The van der Waals surface area contributed by atoms with Gasteiger partial charge in [-0.3, -0.25) is 0 Å². The van der Waals surface area contributed by atoms with Crippen LogP contribution in [0.1, 0.15) is 30.1 Å². The number of hydrogen-bond acceptors (Lipinski definition) is 4. The van der Waals surface area contributed by atoms with Crippen molar-refractivity contribution >= 4 is 17.3 Å². The van der Waals surface area contributed by atoms with Gasteiger partial charge >= 0.3 is 5.97 Å². The Kier molecular flexibility index (Phi) is 3.69. The van der Waals surface area contributed by atoms with Crippen molar-refractivity contribution < 1.29 is 13.9 Å². The Morgan fingerprint density at radius 1 is 1.44 bits per heavy atom. The van der Waals surface area contributed by atoms with E-state index in [1.807, 2.05) is 4.90 Å². The number of hydrogen-bond donors (Lipinski definition) is 1. The second-order valence-electron chi connectivity index (χ2n) is 4.31. The van der Waals surface area contributed by atoms with Gasteiger partial charge in [-0.2, -0.15) is 0 Å². The summed E-state index contributed by atoms with van der Waals surface area (Å²) >= 11 is 0. The molecular formula is C13H17FN2O2. The third kappa shape index (κ3) is 2.39. The molecule has 0 saturated carbocycles. The van der Waals surface area contributed by atoms with Crippen LogP contribution in [0, 0.1) is 5.82 Å². The summed E-state index contributed by atoms with van der Waals surface area (Å²) in [6, 6.07) is 2.69. The minimum absolute atomic E-state index is 0.119. The minimum Gasteiger partial charge on any atom is -0.462 e. The average Bonchev–Trinajstić information content (AvgIpc) is 2.82. The smallest absolute Gasteiger partial charge is 0.340 e. The van der Waals surface area contributed by atoms with Crippen LogP contribution in [0.2, 0.25) is 0 Å². The SMILES string of the molecule is CCOC(=O)c1cc(N2CCCC2)c(F)cc1N. The number of ether oxygens (including phenoxy) is 1. The van der Waals surface area contributed by atoms with Crippen molar-refractivity contribution in [2.75, 3.05) is 30.3 Å². The van der Waals surface area contributed by atoms with Crippen molar-refractivity contribution in [1.29, 1.82) is 0 Å². The summed E-state index contributed by atoms with van der Waals surface area (Å²) in [6.45, 7) is 3.61. The summed E-state index contributed by atoms with van der Waals surface area (Å²) in [5.41, 5.74) is 6.45. The van der Waals surface area contributed by atoms with Crippen LogP contribution in [-0.2, 0) is 4.74 Å². The van der Waals surface area contributed by atoms with Crippen LogP contribution in [0.4, 0.5) is 15.8 Å². The van der Waals surface area contributed by atoms with Gasteiger partial charge in [-0.25, -0.2) is 9.18 Å². The van der Waals surface area contributed by atoms with Crippen molar-refractivity contribution in [2.24, 2.45) is 0 Å². The topological polar surface area (TPSA) is 55.6 Å². The Hall–Kier alpha value is -1.78. The number of benzene rings is 1. The van der Waals surface area contributed by atoms with Gasteiger partial charge in [-0.05, 0) is 31.9 Å². The van der Waals surface area contributed by atoms with Gasteiger partial charge in [-0.15, -0.1) is 0 Å². The quantitative estimate of drug-likeness (QED) is 0.661. The molecule has 4 nitrogen and oxygen atoms in total. The van der Waals surface area contributed by atoms with Crippen LogP contribution in [0.15, 0.2) is 12.1 Å². The first kappa shape index (κ1) is 12.7. The van der Waals surface area contributed by atoms with Crippen molar-refractivity contribution in [2.45, 2.75) is 19.8 Å². The van der Waals surface area contributed by atoms with Gasteiger partial charge in [0.1, 0.15) is 5.82 Å². The molecule has 0 radical (unpaired) electrons. The Bertz CT molecular complexity index is 457. The molecule has 2 rings (SSSR count). The van der Waals surface area contributed by atoms with Crippen molar-refractivity contribution in [3.05, 3.63) is 23.5 Å². The van der Waals surface area contributed by atoms with Crippen molar-refractivity contribution in [3.8, 4) is 0 Å². The molecule has 0 aliphatic carbocycles. The molecule has 98 valence electrons. The normalized spacial score (nSPS) is 14.9. The van der Waals surface area contributed by atoms with E-state index in [4.69, 9.17) is 10.5 Å². The molecule has 0 bridgehead atoms. The third-order valence-corrected chi connectivity index (χ3v) is 3.06. The highest BCUT2D eigenvalue weighted by Gasteiger charge is 2.20. The van der Waals surface area contributed by atoms with Crippen LogP contribution in [0.25, 0.3) is 0 Å². The highest BCUT2D eigenvalue weighted by atomic mass is 19.1. The first-order valence-corrected chi connectivity index (χ1v) is 6.14. The maximum absolute atomic E-state index is 13.9. The number of nitrogen functional groups attached to an aromatic ring is 1. The number of nitrogens with two attached hydrogens (primary N) is 1. The lowest BCUT2D eigenvalue weighted by Crippen LogP contribution is -2.20. The van der Waals surface area contributed by atoms with E-state index < -0.39 is 5.97 Å². The first-order valence-electron chi connectivity index (χ1n) is 6.14. The van der Waals surface area contributed by atoms with Crippen LogP contribution >= 0.6 is 0 Å². The number of esters is 1. The van der Waals surface area contributed by atoms with Gasteiger partial charge in [0.15, 0.2) is 0 Å². The molecule has 1 aromatic carbocycles. The zero-order valence-corrected chi connectivity index (χ0v) is 10.4. The first-order chi connectivity index (χ1) is 8.63. The lowest BCUT2D eigenvalue weighted by molar-refractivity contribution is 0.0527. The molecule has 1 heterocycles. The van der Waals surface area contributed by atoms with Crippen molar-refractivity contribution in [1.82, 2.24) is 0 Å². The monoisotopic (exact) mass is 252 g/mol. The van der Waals surface area contributed by atoms with Crippen LogP contribution < -0.4 is 10.6 Å². The molecule has 1 aromatic rings. The molecule has 0 unspecified atom stereocenters. The van der Waals surface area contributed by atoms with E-state index in [2.05, 4.69) is 0 Å². The Labute approximate surface area is 106 Å². The summed E-state index contributed by atoms with van der Waals surface area (Å²) in [7, 11) is 0. The molecule has 0 amide bonds. The lowest BCUT2D eigenvalue weighted by Gasteiger charge is -2.19. The number of anilines is 2. The Morgan fingerprint density at radius 3 is 2.72 bits per heavy atom. The van der Waals surface area contributed by atoms with Crippen LogP contribution in [0.3, 0.4) is 0 Å². The predicted molar refractivity (Wildman–Crippen MR) is 68.2 cm³/mol. The second kappa shape index (κ2) is 5.25. The largest absolute Gasteiger partial charge is 0.462 e. The highest BCUT2D eigenvalue weighted by Crippen LogP contribution is 2.28. The average molecular weight is 252 g/mol. The Balaban J connectivity index is 2.35. The fourth-order valence-corrected chi connectivity index (χ4v) is 2.16. The van der Waals surface area contributed by atoms with Gasteiger partial charge < -0.3 is 15.4 Å². The maximum atomic E-state index is 13.9. The van der Waals surface area contributed by atoms with E-state index in [1.165, 1.54) is 12.1 Å². The van der Waals surface area contributed by atoms with Gasteiger partial charge in [0, 0.05) is 18.8 Å². The number of carbonyl (C=O) groups is 1. The maximum Gasteiger partial charge on any atom is 0.340 e. The van der Waals surface area contributed by atoms with Gasteiger partial charge in [-0.1, -0.05) is 0 Å². The molecule has 1 saturated heterocycles. The fourth-order valence-electron chi connectivity index (χ4n) is 2.16. The molecule has 0 spiro atoms. The molecule has 18 heavy (non-hydrogen) atoms. The molecule has 0 atom stereocenters. The summed E-state index contributed by atoms with van der Waals surface area (Å²) in [5, 5.41) is 0. The second-order valence-corrected chi connectivity index (χ2v) is 4.31. The molecular weight excluding hydrogens is 235 g/mol. The predicted octanol–water partition coefficient (Wildman–Crippen LogP) is 2.18. The van der Waals surface area contributed by atoms with E-state index in [9.17, 15) is 9.18 Å². The van der Waals surface area contributed by atoms with Crippen molar-refractivity contribution in [3.63, 3.8) is 0 Å². The lowest BCUT2D eigenvalue weighted by atomic mass is 10.1. The summed E-state index contributed by atoms with van der Waals surface area (Å²) in [5.74, 6) is -0.891.